The van der Waals surface area contributed by atoms with Crippen molar-refractivity contribution in [2.45, 2.75) is 13.8 Å². The van der Waals surface area contributed by atoms with E-state index in [2.05, 4.69) is 15.6 Å². The number of benzene rings is 6. The average molecular weight is 920 g/mol. The van der Waals surface area contributed by atoms with E-state index in [1.165, 1.54) is 46.9 Å². The van der Waals surface area contributed by atoms with Crippen LogP contribution in [-0.2, 0) is 0 Å². The van der Waals surface area contributed by atoms with Crippen LogP contribution in [0.3, 0.4) is 0 Å². The van der Waals surface area contributed by atoms with Crippen LogP contribution in [0.4, 0.5) is 23.0 Å². The number of aromatic amines is 1. The highest BCUT2D eigenvalue weighted by atomic mass is 32.1. The van der Waals surface area contributed by atoms with Gasteiger partial charge in [0.1, 0.15) is 27.5 Å². The molecule has 0 atom stereocenters. The first-order valence-electron chi connectivity index (χ1n) is 20.6. The summed E-state index contributed by atoms with van der Waals surface area (Å²) < 4.78 is 1.73. The van der Waals surface area contributed by atoms with Crippen molar-refractivity contribution in [1.29, 1.82) is 0 Å². The number of hydrogen-bond donors (Lipinski definition) is 3. The number of amides is 2. The van der Waals surface area contributed by atoms with Gasteiger partial charge in [-0.05, 0) is 96.8 Å². The van der Waals surface area contributed by atoms with Gasteiger partial charge in [0.05, 0.1) is 41.4 Å². The molecule has 0 saturated carbocycles. The number of fused-ring (bicyclic) bond motifs is 2. The zero-order valence-electron chi connectivity index (χ0n) is 35.3. The number of nitrogens with zero attached hydrogens (tertiary/aromatic N) is 6. The smallest absolute Gasteiger partial charge is 0.269 e. The highest BCUT2D eigenvalue weighted by Gasteiger charge is 2.34. The Morgan fingerprint density at radius 1 is 0.582 bits per heavy atom. The van der Waals surface area contributed by atoms with Gasteiger partial charge in [0.2, 0.25) is 0 Å². The molecule has 17 heteroatoms. The number of nitro benzene ring substituents is 2. The Morgan fingerprint density at radius 2 is 1.07 bits per heavy atom. The Bertz CT molecular complexity index is 3540. The van der Waals surface area contributed by atoms with Gasteiger partial charge in [0.25, 0.3) is 23.2 Å². The van der Waals surface area contributed by atoms with Gasteiger partial charge in [0.15, 0.2) is 5.84 Å². The number of aliphatic imine (C=N–C) groups is 2. The lowest BCUT2D eigenvalue weighted by Gasteiger charge is -2.10. The molecule has 1 aliphatic rings. The Kier molecular flexibility index (Phi) is 10.9. The van der Waals surface area contributed by atoms with Crippen LogP contribution in [0.25, 0.3) is 53.3 Å². The number of nitro groups is 2. The number of anilines is 1. The average Bonchev–Trinajstić information content (AvgIpc) is 4.12. The first-order valence-corrected chi connectivity index (χ1v) is 22.3. The predicted octanol–water partition coefficient (Wildman–Crippen LogP) is 11.7. The third-order valence-electron chi connectivity index (χ3n) is 11.1. The number of aromatic nitrogens is 3. The molecule has 1 aliphatic heterocycles. The van der Waals surface area contributed by atoms with E-state index in [0.717, 1.165) is 20.5 Å². The number of carbonyl (C=O) groups is 2. The summed E-state index contributed by atoms with van der Waals surface area (Å²) in [5.74, 6) is -0.229. The summed E-state index contributed by atoms with van der Waals surface area (Å²) in [5, 5.41) is 30.9. The summed E-state index contributed by atoms with van der Waals surface area (Å²) in [6.07, 6.45) is 0. The van der Waals surface area contributed by atoms with Crippen molar-refractivity contribution >= 4 is 101 Å². The van der Waals surface area contributed by atoms with E-state index in [1.807, 2.05) is 86.6 Å². The van der Waals surface area contributed by atoms with Crippen LogP contribution in [0.5, 0.6) is 0 Å². The minimum atomic E-state index is -0.494. The fraction of sp³-hybridized carbons (Fsp3) is 0.0400. The molecule has 0 aliphatic carbocycles. The summed E-state index contributed by atoms with van der Waals surface area (Å²) in [7, 11) is 0. The number of thiazole rings is 2. The zero-order chi connectivity index (χ0) is 46.3. The number of non-ortho nitro benzene ring substituents is 2. The Hall–Kier alpha value is -8.80. The maximum atomic E-state index is 14.2. The molecule has 3 N–H and O–H groups in total. The minimum absolute atomic E-state index is 0.0836. The standard InChI is InChI=1S/C50H33N9O6S2/c1-27-11-3-5-13-33(27)47(60)56-45-41(49-51-35-15-7-9-17-37(35)66-49)39(29-19-23-31(24-20-29)58(62)63)43(54-45)53-44-40(30-21-25-32(26-22-30)59(64)65)42(50-52-36-16-8-10-18-38(36)67-50)46(55-44)57-48(61)34-14-6-4-12-28(34)2/h3-26,54H,1-2H3,(H,56,60)(H,53,55,57,61). The molecule has 0 radical (unpaired) electrons. The third-order valence-corrected chi connectivity index (χ3v) is 13.2. The van der Waals surface area contributed by atoms with E-state index in [4.69, 9.17) is 20.0 Å². The molecular weight excluding hydrogens is 887 g/mol. The van der Waals surface area contributed by atoms with Crippen molar-refractivity contribution in [2.24, 2.45) is 9.98 Å². The fourth-order valence-electron chi connectivity index (χ4n) is 7.84. The maximum absolute atomic E-state index is 14.2. The summed E-state index contributed by atoms with van der Waals surface area (Å²) in [4.78, 5) is 74.9. The Labute approximate surface area is 388 Å². The molecule has 15 nitrogen and oxygen atoms in total. The SMILES string of the molecule is Cc1ccccc1C(=O)NC1=NC(=Nc2[nH]c(NC(=O)c3ccccc3C)c(-c3nc4ccccc4s3)c2-c2ccc([N+](=O)[O-])cc2)C(c2ccc([N+](=O)[O-])cc2)=C1c1nc2ccccc2s1. The van der Waals surface area contributed by atoms with Crippen molar-refractivity contribution < 1.29 is 19.4 Å². The molecule has 0 bridgehead atoms. The van der Waals surface area contributed by atoms with Crippen LogP contribution in [-0.4, -0.2) is 48.3 Å². The number of rotatable bonds is 10. The van der Waals surface area contributed by atoms with Crippen LogP contribution < -0.4 is 10.6 Å². The lowest BCUT2D eigenvalue weighted by molar-refractivity contribution is -0.385. The topological polar surface area (TPSA) is 211 Å². The quantitative estimate of drug-likeness (QED) is 0.0885. The molecule has 0 unspecified atom stereocenters. The van der Waals surface area contributed by atoms with E-state index >= 15 is 0 Å². The van der Waals surface area contributed by atoms with Crippen LogP contribution in [0.15, 0.2) is 156 Å². The van der Waals surface area contributed by atoms with Gasteiger partial charge in [-0.3, -0.25) is 29.8 Å². The second-order valence-electron chi connectivity index (χ2n) is 15.4. The van der Waals surface area contributed by atoms with Crippen LogP contribution >= 0.6 is 22.7 Å². The molecule has 2 amide bonds. The molecule has 6 aromatic carbocycles. The number of H-pyrrole nitrogens is 1. The fourth-order valence-corrected chi connectivity index (χ4v) is 9.88. The van der Waals surface area contributed by atoms with Gasteiger partial charge in [-0.15, -0.1) is 22.7 Å². The van der Waals surface area contributed by atoms with Crippen LogP contribution in [0.1, 0.15) is 42.4 Å². The largest absolute Gasteiger partial charge is 0.325 e. The van der Waals surface area contributed by atoms with Crippen molar-refractivity contribution in [1.82, 2.24) is 20.3 Å². The van der Waals surface area contributed by atoms with E-state index in [1.54, 1.807) is 48.5 Å². The number of para-hydroxylation sites is 2. The molecule has 67 heavy (non-hydrogen) atoms. The molecular formula is C50H33N9O6S2. The van der Waals surface area contributed by atoms with Gasteiger partial charge in [-0.1, -0.05) is 60.7 Å². The molecule has 4 heterocycles. The molecule has 326 valence electrons. The number of hydrogen-bond acceptors (Lipinski definition) is 11. The Morgan fingerprint density at radius 3 is 1.63 bits per heavy atom. The van der Waals surface area contributed by atoms with E-state index in [-0.39, 0.29) is 34.7 Å². The van der Waals surface area contributed by atoms with Gasteiger partial charge >= 0.3 is 0 Å². The number of carbonyl (C=O) groups excluding carboxylic acids is 2. The summed E-state index contributed by atoms with van der Waals surface area (Å²) in [6.45, 7) is 3.66. The maximum Gasteiger partial charge on any atom is 0.269 e. The molecule has 0 fully saturated rings. The van der Waals surface area contributed by atoms with Gasteiger partial charge in [-0.25, -0.2) is 20.0 Å². The van der Waals surface area contributed by atoms with E-state index in [9.17, 15) is 29.8 Å². The molecule has 9 aromatic rings. The summed E-state index contributed by atoms with van der Waals surface area (Å²) in [5.41, 5.74) is 6.11. The lowest BCUT2D eigenvalue weighted by atomic mass is 9.99. The van der Waals surface area contributed by atoms with E-state index in [0.29, 0.717) is 65.6 Å². The minimum Gasteiger partial charge on any atom is -0.325 e. The second kappa shape index (κ2) is 17.3. The van der Waals surface area contributed by atoms with Crippen molar-refractivity contribution in [3.05, 3.63) is 199 Å². The van der Waals surface area contributed by atoms with Crippen molar-refractivity contribution in [3.63, 3.8) is 0 Å². The monoisotopic (exact) mass is 919 g/mol. The summed E-state index contributed by atoms with van der Waals surface area (Å²) in [6, 6.07) is 41.4. The molecule has 3 aromatic heterocycles. The molecule has 0 spiro atoms. The number of nitrogens with one attached hydrogen (secondary N) is 3. The highest BCUT2D eigenvalue weighted by molar-refractivity contribution is 7.21. The Balaban J connectivity index is 1.26. The van der Waals surface area contributed by atoms with Crippen molar-refractivity contribution in [3.8, 4) is 21.7 Å². The number of amidine groups is 2. The van der Waals surface area contributed by atoms with Crippen LogP contribution in [0.2, 0.25) is 0 Å². The third kappa shape index (κ3) is 8.04. The van der Waals surface area contributed by atoms with Gasteiger partial charge in [-0.2, -0.15) is 0 Å². The first-order chi connectivity index (χ1) is 32.5. The zero-order valence-corrected chi connectivity index (χ0v) is 36.9. The van der Waals surface area contributed by atoms with Gasteiger partial charge < -0.3 is 15.6 Å². The number of aryl methyl sites for hydroxylation is 2. The highest BCUT2D eigenvalue weighted by Crippen LogP contribution is 2.48. The lowest BCUT2D eigenvalue weighted by Crippen LogP contribution is -2.31. The summed E-state index contributed by atoms with van der Waals surface area (Å²) >= 11 is 2.76. The van der Waals surface area contributed by atoms with Gasteiger partial charge in [0, 0.05) is 46.5 Å². The predicted molar refractivity (Wildman–Crippen MR) is 263 cm³/mol. The first kappa shape index (κ1) is 42.2. The second-order valence-corrected chi connectivity index (χ2v) is 17.4. The molecule has 0 saturated heterocycles. The van der Waals surface area contributed by atoms with Crippen molar-refractivity contribution in [2.75, 3.05) is 5.32 Å². The molecule has 10 rings (SSSR count). The normalized spacial score (nSPS) is 13.0. The van der Waals surface area contributed by atoms with E-state index < -0.39 is 21.7 Å². The van der Waals surface area contributed by atoms with Crippen LogP contribution in [0, 0.1) is 34.1 Å².